The second kappa shape index (κ2) is 27.3. The van der Waals surface area contributed by atoms with Gasteiger partial charge in [0.25, 0.3) is 0 Å². The lowest BCUT2D eigenvalue weighted by molar-refractivity contribution is -0.129. The summed E-state index contributed by atoms with van der Waals surface area (Å²) >= 11 is 0. The molecule has 1 aliphatic carbocycles. The van der Waals surface area contributed by atoms with Crippen LogP contribution in [0.3, 0.4) is 0 Å². The molecule has 1 fully saturated rings. The maximum atomic E-state index is 11.7. The Morgan fingerprint density at radius 3 is 1.53 bits per heavy atom. The van der Waals surface area contributed by atoms with Gasteiger partial charge in [-0.2, -0.15) is 0 Å². The van der Waals surface area contributed by atoms with Crippen molar-refractivity contribution in [2.24, 2.45) is 5.92 Å². The van der Waals surface area contributed by atoms with Gasteiger partial charge in [-0.3, -0.25) is 14.8 Å². The number of amides is 2. The van der Waals surface area contributed by atoms with Crippen LogP contribution in [0.4, 0.5) is 0 Å². The van der Waals surface area contributed by atoms with E-state index in [9.17, 15) is 9.59 Å². The summed E-state index contributed by atoms with van der Waals surface area (Å²) in [5.74, 6) is 0.532. The van der Waals surface area contributed by atoms with Gasteiger partial charge in [0.05, 0.1) is 0 Å². The van der Waals surface area contributed by atoms with Crippen molar-refractivity contribution in [3.63, 3.8) is 0 Å². The van der Waals surface area contributed by atoms with Gasteiger partial charge in [-0.1, -0.05) is 25.7 Å². The Bertz CT molecular complexity index is 508. The smallest absolute Gasteiger partial charge is 0.243 e. The van der Waals surface area contributed by atoms with E-state index in [0.717, 1.165) is 71.0 Å². The third-order valence-corrected chi connectivity index (χ3v) is 6.56. The number of unbranched alkanes of at least 4 members (excludes halogenated alkanes) is 1. The van der Waals surface area contributed by atoms with Gasteiger partial charge >= 0.3 is 0 Å². The molecule has 0 radical (unpaired) electrons. The first-order valence-corrected chi connectivity index (χ1v) is 14.2. The normalized spacial score (nSPS) is 14.1. The predicted molar refractivity (Wildman–Crippen MR) is 153 cm³/mol. The van der Waals surface area contributed by atoms with Crippen molar-refractivity contribution >= 4 is 28.8 Å². The molecule has 0 atom stereocenters. The maximum absolute atomic E-state index is 11.7. The Morgan fingerprint density at radius 1 is 0.583 bits per heavy atom. The lowest BCUT2D eigenvalue weighted by Crippen LogP contribution is -2.29. The van der Waals surface area contributed by atoms with Crippen LogP contribution in [0.2, 0.25) is 0 Å². The number of hydroxylamine groups is 1. The number of carbonyl (C=O) groups excluding carboxylic acids is 2. The van der Waals surface area contributed by atoms with Gasteiger partial charge in [-0.05, 0) is 110 Å². The van der Waals surface area contributed by atoms with Crippen molar-refractivity contribution in [1.29, 1.82) is 0 Å². The molecule has 0 heterocycles. The number of halogens is 1. The second-order valence-corrected chi connectivity index (χ2v) is 9.82. The Labute approximate surface area is 230 Å². The van der Waals surface area contributed by atoms with Gasteiger partial charge in [-0.15, -0.1) is 17.0 Å². The molecule has 1 saturated carbocycles. The van der Waals surface area contributed by atoms with Crippen LogP contribution in [0.5, 0.6) is 0 Å². The van der Waals surface area contributed by atoms with Gasteiger partial charge in [0.15, 0.2) is 0 Å². The molecule has 0 aromatic rings. The van der Waals surface area contributed by atoms with Gasteiger partial charge in [-0.25, -0.2) is 5.48 Å². The monoisotopic (exact) mass is 578 g/mol. The minimum atomic E-state index is -0.405. The van der Waals surface area contributed by atoms with Crippen LogP contribution in [0.15, 0.2) is 0 Å². The second-order valence-electron chi connectivity index (χ2n) is 9.82. The summed E-state index contributed by atoms with van der Waals surface area (Å²) < 4.78 is 0. The van der Waals surface area contributed by atoms with Crippen molar-refractivity contribution in [2.45, 2.75) is 89.9 Å². The van der Waals surface area contributed by atoms with Gasteiger partial charge < -0.3 is 26.6 Å². The SMILES string of the molecule is Br.O=C(CCCCC(=O)NCCCNCCCNCCCNCCCNCC1CCCCCC1)NO. The summed E-state index contributed by atoms with van der Waals surface area (Å²) in [6.45, 7) is 9.18. The minimum Gasteiger partial charge on any atom is -0.356 e. The molecule has 0 spiro atoms. The molecule has 0 aromatic heterocycles. The first-order valence-electron chi connectivity index (χ1n) is 14.2. The average Bonchev–Trinajstić information content (AvgIpc) is 3.14. The summed E-state index contributed by atoms with van der Waals surface area (Å²) in [6, 6.07) is 0. The van der Waals surface area contributed by atoms with Crippen LogP contribution in [-0.4, -0.2) is 75.9 Å². The molecule has 0 aromatic carbocycles. The van der Waals surface area contributed by atoms with Gasteiger partial charge in [0.2, 0.25) is 11.8 Å². The zero-order valence-electron chi connectivity index (χ0n) is 22.5. The summed E-state index contributed by atoms with van der Waals surface area (Å²) in [5, 5.41) is 25.4. The van der Waals surface area contributed by atoms with Gasteiger partial charge in [0.1, 0.15) is 0 Å². The van der Waals surface area contributed by atoms with E-state index in [1.165, 1.54) is 51.5 Å². The highest BCUT2D eigenvalue weighted by Gasteiger charge is 2.11. The van der Waals surface area contributed by atoms with Crippen LogP contribution in [0.1, 0.15) is 89.9 Å². The molecule has 1 rings (SSSR count). The van der Waals surface area contributed by atoms with Crippen LogP contribution in [-0.2, 0) is 9.59 Å². The van der Waals surface area contributed by atoms with E-state index in [2.05, 4.69) is 26.6 Å². The first-order chi connectivity index (χ1) is 17.2. The third kappa shape index (κ3) is 23.6. The molecule has 10 heteroatoms. The van der Waals surface area contributed by atoms with Crippen LogP contribution in [0, 0.1) is 5.92 Å². The molecule has 0 bridgehead atoms. The molecule has 9 nitrogen and oxygen atoms in total. The summed E-state index contributed by atoms with van der Waals surface area (Å²) in [6.07, 6.45) is 14.9. The molecular weight excluding hydrogens is 524 g/mol. The molecule has 36 heavy (non-hydrogen) atoms. The lowest BCUT2D eigenvalue weighted by atomic mass is 10.0. The summed E-state index contributed by atoms with van der Waals surface area (Å²) in [7, 11) is 0. The summed E-state index contributed by atoms with van der Waals surface area (Å²) in [5.41, 5.74) is 1.59. The Kier molecular flexibility index (Phi) is 26.7. The number of hydrogen-bond donors (Lipinski definition) is 7. The molecule has 214 valence electrons. The van der Waals surface area contributed by atoms with Crippen molar-refractivity contribution < 1.29 is 14.8 Å². The Hall–Kier alpha value is -0.780. The first kappa shape index (κ1) is 35.2. The van der Waals surface area contributed by atoms with E-state index in [4.69, 9.17) is 5.21 Å². The van der Waals surface area contributed by atoms with Crippen molar-refractivity contribution in [3.05, 3.63) is 0 Å². The van der Waals surface area contributed by atoms with Gasteiger partial charge in [0, 0.05) is 19.4 Å². The molecule has 1 aliphatic rings. The van der Waals surface area contributed by atoms with E-state index >= 15 is 0 Å². The fourth-order valence-corrected chi connectivity index (χ4v) is 4.42. The fourth-order valence-electron chi connectivity index (χ4n) is 4.42. The fraction of sp³-hybridized carbons (Fsp3) is 0.923. The lowest BCUT2D eigenvalue weighted by Gasteiger charge is -2.14. The Morgan fingerprint density at radius 2 is 1.03 bits per heavy atom. The van der Waals surface area contributed by atoms with Crippen LogP contribution in [0.25, 0.3) is 0 Å². The highest BCUT2D eigenvalue weighted by atomic mass is 79.9. The number of carbonyl (C=O) groups is 2. The maximum Gasteiger partial charge on any atom is 0.243 e. The highest BCUT2D eigenvalue weighted by molar-refractivity contribution is 8.93. The van der Waals surface area contributed by atoms with E-state index in [1.807, 2.05) is 0 Å². The largest absolute Gasteiger partial charge is 0.356 e. The van der Waals surface area contributed by atoms with E-state index in [0.29, 0.717) is 25.8 Å². The van der Waals surface area contributed by atoms with E-state index in [1.54, 1.807) is 5.48 Å². The molecule has 0 aliphatic heterocycles. The molecule has 7 N–H and O–H groups in total. The van der Waals surface area contributed by atoms with Crippen molar-refractivity contribution in [1.82, 2.24) is 32.1 Å². The third-order valence-electron chi connectivity index (χ3n) is 6.56. The summed E-state index contributed by atoms with van der Waals surface area (Å²) in [4.78, 5) is 22.6. The Balaban J connectivity index is 0.0000122. The zero-order chi connectivity index (χ0) is 25.2. The topological polar surface area (TPSA) is 127 Å². The zero-order valence-corrected chi connectivity index (χ0v) is 24.2. The van der Waals surface area contributed by atoms with Crippen LogP contribution < -0.4 is 32.1 Å². The van der Waals surface area contributed by atoms with Crippen LogP contribution >= 0.6 is 17.0 Å². The predicted octanol–water partition coefficient (Wildman–Crippen LogP) is 2.64. The molecule has 0 unspecified atom stereocenters. The standard InChI is InChI=1S/C26H54N6O3.BrH/c33-25(13-5-6-14-26(34)32-35)31-22-10-20-29-18-8-16-27-15-7-17-28-19-9-21-30-23-24-11-3-1-2-4-12-24;/h24,27-30,35H,1-23H2,(H,31,33)(H,32,34);1H. The van der Waals surface area contributed by atoms with E-state index in [-0.39, 0.29) is 29.3 Å². The van der Waals surface area contributed by atoms with Crippen molar-refractivity contribution in [2.75, 3.05) is 58.9 Å². The average molecular weight is 580 g/mol. The number of hydrogen-bond acceptors (Lipinski definition) is 7. The number of nitrogens with one attached hydrogen (secondary N) is 6. The highest BCUT2D eigenvalue weighted by Crippen LogP contribution is 2.21. The minimum absolute atomic E-state index is 0. The number of rotatable bonds is 23. The van der Waals surface area contributed by atoms with Crippen molar-refractivity contribution in [3.8, 4) is 0 Å². The quantitative estimate of drug-likeness (QED) is 0.0430. The molecule has 2 amide bonds. The molecule has 0 saturated heterocycles. The van der Waals surface area contributed by atoms with E-state index < -0.39 is 5.91 Å². The molecular formula is C26H55BrN6O3.